The topological polar surface area (TPSA) is 37.3 Å². The van der Waals surface area contributed by atoms with Crippen molar-refractivity contribution in [3.8, 4) is 0 Å². The molecule has 1 N–H and O–H groups in total. The molecule has 1 aliphatic carbocycles. The van der Waals surface area contributed by atoms with Crippen LogP contribution >= 0.6 is 11.3 Å². The first-order chi connectivity index (χ1) is 6.14. The molecular weight excluding hydrogens is 184 g/mol. The van der Waals surface area contributed by atoms with Crippen molar-refractivity contribution in [3.63, 3.8) is 0 Å². The molecule has 0 saturated heterocycles. The second-order valence-corrected chi connectivity index (χ2v) is 4.70. The highest BCUT2D eigenvalue weighted by Gasteiger charge is 2.47. The van der Waals surface area contributed by atoms with E-state index in [1.807, 2.05) is 5.38 Å². The molecule has 0 radical (unpaired) electrons. The van der Waals surface area contributed by atoms with Crippen molar-refractivity contribution < 1.29 is 9.90 Å². The summed E-state index contributed by atoms with van der Waals surface area (Å²) < 4.78 is 0. The summed E-state index contributed by atoms with van der Waals surface area (Å²) in [6, 6.07) is 2.07. The summed E-state index contributed by atoms with van der Waals surface area (Å²) in [5.74, 6) is -0.676. The zero-order valence-corrected chi connectivity index (χ0v) is 8.36. The van der Waals surface area contributed by atoms with E-state index >= 15 is 0 Å². The normalized spacial score (nSPS) is 18.5. The van der Waals surface area contributed by atoms with Gasteiger partial charge in [-0.25, -0.2) is 0 Å². The number of thiophene rings is 1. The third-order valence-electron chi connectivity index (χ3n) is 2.69. The second-order valence-electron chi connectivity index (χ2n) is 3.78. The highest BCUT2D eigenvalue weighted by molar-refractivity contribution is 7.10. The van der Waals surface area contributed by atoms with Crippen LogP contribution < -0.4 is 0 Å². The fraction of sp³-hybridized carbons (Fsp3) is 0.500. The van der Waals surface area contributed by atoms with Gasteiger partial charge in [-0.2, -0.15) is 0 Å². The zero-order valence-electron chi connectivity index (χ0n) is 7.54. The van der Waals surface area contributed by atoms with Crippen LogP contribution in [0.1, 0.15) is 29.7 Å². The van der Waals surface area contributed by atoms with Crippen molar-refractivity contribution >= 4 is 17.3 Å². The monoisotopic (exact) mass is 196 g/mol. The Labute approximate surface area is 81.2 Å². The SMILES string of the molecule is Cc1ccsc1C1(CC(=O)O)CC1. The third kappa shape index (κ3) is 1.48. The van der Waals surface area contributed by atoms with E-state index in [1.165, 1.54) is 10.4 Å². The lowest BCUT2D eigenvalue weighted by atomic mass is 9.98. The minimum Gasteiger partial charge on any atom is -0.481 e. The maximum absolute atomic E-state index is 10.7. The fourth-order valence-electron chi connectivity index (χ4n) is 1.84. The Balaban J connectivity index is 2.25. The van der Waals surface area contributed by atoms with E-state index < -0.39 is 5.97 Å². The number of carboxylic acids is 1. The number of hydrogen-bond donors (Lipinski definition) is 1. The van der Waals surface area contributed by atoms with E-state index in [2.05, 4.69) is 13.0 Å². The molecule has 0 unspecified atom stereocenters. The minimum atomic E-state index is -0.676. The van der Waals surface area contributed by atoms with Crippen molar-refractivity contribution in [1.82, 2.24) is 0 Å². The van der Waals surface area contributed by atoms with Crippen LogP contribution in [-0.4, -0.2) is 11.1 Å². The molecular formula is C10H12O2S. The maximum atomic E-state index is 10.7. The highest BCUT2D eigenvalue weighted by Crippen LogP contribution is 2.53. The number of hydrogen-bond acceptors (Lipinski definition) is 2. The molecule has 0 spiro atoms. The first-order valence-corrected chi connectivity index (χ1v) is 5.28. The first-order valence-electron chi connectivity index (χ1n) is 4.40. The molecule has 0 bridgehead atoms. The molecule has 0 aromatic carbocycles. The highest BCUT2D eigenvalue weighted by atomic mass is 32.1. The lowest BCUT2D eigenvalue weighted by Crippen LogP contribution is -2.12. The van der Waals surface area contributed by atoms with Gasteiger partial charge in [0.2, 0.25) is 0 Å². The molecule has 13 heavy (non-hydrogen) atoms. The maximum Gasteiger partial charge on any atom is 0.304 e. The van der Waals surface area contributed by atoms with E-state index in [9.17, 15) is 4.79 Å². The van der Waals surface area contributed by atoms with Gasteiger partial charge in [0.1, 0.15) is 0 Å². The molecule has 3 heteroatoms. The summed E-state index contributed by atoms with van der Waals surface area (Å²) in [5, 5.41) is 10.8. The fourth-order valence-corrected chi connectivity index (χ4v) is 3.03. The van der Waals surface area contributed by atoms with Crippen molar-refractivity contribution in [2.24, 2.45) is 0 Å². The molecule has 0 amide bonds. The van der Waals surface area contributed by atoms with Gasteiger partial charge in [-0.1, -0.05) is 0 Å². The van der Waals surface area contributed by atoms with Gasteiger partial charge >= 0.3 is 5.97 Å². The summed E-state index contributed by atoms with van der Waals surface area (Å²) in [5.41, 5.74) is 1.26. The van der Waals surface area contributed by atoms with Crippen molar-refractivity contribution in [3.05, 3.63) is 21.9 Å². The van der Waals surface area contributed by atoms with Crippen LogP contribution in [0.25, 0.3) is 0 Å². The molecule has 1 aromatic heterocycles. The number of rotatable bonds is 3. The van der Waals surface area contributed by atoms with E-state index in [0.29, 0.717) is 6.42 Å². The zero-order chi connectivity index (χ0) is 9.47. The van der Waals surface area contributed by atoms with Crippen LogP contribution in [0.2, 0.25) is 0 Å². The lowest BCUT2D eigenvalue weighted by molar-refractivity contribution is -0.137. The standard InChI is InChI=1S/C10H12O2S/c1-7-2-5-13-9(7)10(3-4-10)6-8(11)12/h2,5H,3-4,6H2,1H3,(H,11,12). The Morgan fingerprint density at radius 3 is 2.77 bits per heavy atom. The van der Waals surface area contributed by atoms with E-state index in [0.717, 1.165) is 12.8 Å². The van der Waals surface area contributed by atoms with E-state index in [4.69, 9.17) is 5.11 Å². The van der Waals surface area contributed by atoms with Gasteiger partial charge in [-0.3, -0.25) is 4.79 Å². The van der Waals surface area contributed by atoms with Crippen molar-refractivity contribution in [2.45, 2.75) is 31.6 Å². The Morgan fingerprint density at radius 1 is 1.69 bits per heavy atom. The van der Waals surface area contributed by atoms with E-state index in [-0.39, 0.29) is 5.41 Å². The number of carbonyl (C=O) groups is 1. The average molecular weight is 196 g/mol. The number of aliphatic carboxylic acids is 1. The van der Waals surface area contributed by atoms with Gasteiger partial charge in [0, 0.05) is 10.3 Å². The molecule has 0 aliphatic heterocycles. The van der Waals surface area contributed by atoms with Crippen LogP contribution in [0.15, 0.2) is 11.4 Å². The van der Waals surface area contributed by atoms with E-state index in [1.54, 1.807) is 11.3 Å². The predicted molar refractivity (Wildman–Crippen MR) is 52.2 cm³/mol. The van der Waals surface area contributed by atoms with Crippen LogP contribution in [0.5, 0.6) is 0 Å². The Hall–Kier alpha value is -0.830. The number of carboxylic acid groups (broad SMARTS) is 1. The molecule has 1 aliphatic rings. The van der Waals surface area contributed by atoms with Gasteiger partial charge in [-0.05, 0) is 36.8 Å². The summed E-state index contributed by atoms with van der Waals surface area (Å²) in [4.78, 5) is 12.0. The average Bonchev–Trinajstić information content (AvgIpc) is 2.65. The van der Waals surface area contributed by atoms with Crippen molar-refractivity contribution in [1.29, 1.82) is 0 Å². The number of aryl methyl sites for hydroxylation is 1. The Morgan fingerprint density at radius 2 is 2.38 bits per heavy atom. The molecule has 2 rings (SSSR count). The van der Waals surface area contributed by atoms with Gasteiger partial charge in [0.05, 0.1) is 6.42 Å². The second kappa shape index (κ2) is 2.84. The van der Waals surface area contributed by atoms with Gasteiger partial charge in [0.15, 0.2) is 0 Å². The summed E-state index contributed by atoms with van der Waals surface area (Å²) in [7, 11) is 0. The minimum absolute atomic E-state index is 0.00405. The Bertz CT molecular complexity index is 336. The van der Waals surface area contributed by atoms with Crippen LogP contribution in [0, 0.1) is 6.92 Å². The Kier molecular flexibility index (Phi) is 1.91. The lowest BCUT2D eigenvalue weighted by Gasteiger charge is -2.11. The molecule has 1 fully saturated rings. The molecule has 70 valence electrons. The molecule has 1 heterocycles. The van der Waals surface area contributed by atoms with Gasteiger partial charge in [-0.15, -0.1) is 11.3 Å². The van der Waals surface area contributed by atoms with Gasteiger partial charge in [0.25, 0.3) is 0 Å². The van der Waals surface area contributed by atoms with Crippen LogP contribution in [0.3, 0.4) is 0 Å². The summed E-state index contributed by atoms with van der Waals surface area (Å²) >= 11 is 1.70. The van der Waals surface area contributed by atoms with Crippen LogP contribution in [-0.2, 0) is 10.2 Å². The summed E-state index contributed by atoms with van der Waals surface area (Å²) in [6.07, 6.45) is 2.38. The first kappa shape index (κ1) is 8.75. The molecule has 0 atom stereocenters. The predicted octanol–water partition coefficient (Wildman–Crippen LogP) is 2.56. The van der Waals surface area contributed by atoms with Gasteiger partial charge < -0.3 is 5.11 Å². The smallest absolute Gasteiger partial charge is 0.304 e. The third-order valence-corrected chi connectivity index (χ3v) is 3.95. The molecule has 1 aromatic rings. The van der Waals surface area contributed by atoms with Crippen molar-refractivity contribution in [2.75, 3.05) is 0 Å². The largest absolute Gasteiger partial charge is 0.481 e. The molecule has 2 nitrogen and oxygen atoms in total. The quantitative estimate of drug-likeness (QED) is 0.806. The summed E-state index contributed by atoms with van der Waals surface area (Å²) in [6.45, 7) is 2.06. The van der Waals surface area contributed by atoms with Crippen LogP contribution in [0.4, 0.5) is 0 Å². The molecule has 1 saturated carbocycles.